The van der Waals surface area contributed by atoms with Gasteiger partial charge in [-0.1, -0.05) is 30.3 Å². The predicted octanol–water partition coefficient (Wildman–Crippen LogP) is 1.61. The van der Waals surface area contributed by atoms with Gasteiger partial charge in [0.2, 0.25) is 0 Å². The lowest BCUT2D eigenvalue weighted by Gasteiger charge is -2.29. The molecule has 5 N–H and O–H groups in total. The number of carbonyl (C=O) groups is 2. The molecular weight excluding hydrogens is 334 g/mol. The third kappa shape index (κ3) is 5.30. The van der Waals surface area contributed by atoms with Gasteiger partial charge in [-0.25, -0.2) is 5.48 Å². The van der Waals surface area contributed by atoms with E-state index < -0.39 is 23.4 Å². The Hall–Kier alpha value is -2.90. The van der Waals surface area contributed by atoms with Gasteiger partial charge in [-0.3, -0.25) is 14.8 Å². The quantitative estimate of drug-likeness (QED) is 0.444. The van der Waals surface area contributed by atoms with Gasteiger partial charge >= 0.3 is 0 Å². The molecule has 0 heterocycles. The van der Waals surface area contributed by atoms with E-state index in [1.165, 1.54) is 5.48 Å². The number of ether oxygens (including phenoxy) is 1. The number of rotatable bonds is 7. The highest BCUT2D eigenvalue weighted by atomic mass is 16.5. The summed E-state index contributed by atoms with van der Waals surface area (Å²) in [7, 11) is 0. The summed E-state index contributed by atoms with van der Waals surface area (Å²) in [6, 6.07) is 15.2. The molecule has 2 aromatic carbocycles. The fourth-order valence-corrected chi connectivity index (χ4v) is 2.31. The molecule has 1 atom stereocenters. The van der Waals surface area contributed by atoms with Crippen molar-refractivity contribution < 1.29 is 19.5 Å². The fraction of sp³-hybridized carbons (Fsp3) is 0.263. The van der Waals surface area contributed by atoms with Crippen LogP contribution in [0.25, 0.3) is 0 Å². The lowest BCUT2D eigenvalue weighted by Crippen LogP contribution is -2.61. The Morgan fingerprint density at radius 2 is 1.73 bits per heavy atom. The van der Waals surface area contributed by atoms with E-state index in [1.54, 1.807) is 38.1 Å². The summed E-state index contributed by atoms with van der Waals surface area (Å²) in [5.41, 5.74) is 7.74. The van der Waals surface area contributed by atoms with Crippen LogP contribution in [0.15, 0.2) is 54.6 Å². The topological polar surface area (TPSA) is 114 Å². The van der Waals surface area contributed by atoms with E-state index in [4.69, 9.17) is 15.7 Å². The Bertz CT molecular complexity index is 740. The maximum Gasteiger partial charge on any atom is 0.267 e. The summed E-state index contributed by atoms with van der Waals surface area (Å²) in [5, 5.41) is 11.3. The molecule has 26 heavy (non-hydrogen) atoms. The summed E-state index contributed by atoms with van der Waals surface area (Å²) in [6.45, 7) is 3.58. The van der Waals surface area contributed by atoms with Gasteiger partial charge in [0.25, 0.3) is 11.8 Å². The molecular formula is C19H23N3O4. The minimum Gasteiger partial charge on any atom is -0.489 e. The van der Waals surface area contributed by atoms with Gasteiger partial charge in [0.15, 0.2) is 0 Å². The van der Waals surface area contributed by atoms with Crippen molar-refractivity contribution in [3.8, 4) is 5.75 Å². The standard InChI is InChI=1S/C19H23N3O4/c1-19(2,20)16(18(24)22-25)21-17(23)14-8-10-15(11-9-14)26-12-13-6-4-3-5-7-13/h3-11,16,25H,12,20H2,1-2H3,(H,21,23)(H,22,24)/t16-/m1/s1. The highest BCUT2D eigenvalue weighted by Crippen LogP contribution is 2.15. The van der Waals surface area contributed by atoms with Crippen LogP contribution in [0.4, 0.5) is 0 Å². The Morgan fingerprint density at radius 1 is 1.12 bits per heavy atom. The van der Waals surface area contributed by atoms with Crippen molar-refractivity contribution in [3.05, 3.63) is 65.7 Å². The molecule has 0 spiro atoms. The Balaban J connectivity index is 2.00. The molecule has 0 aliphatic heterocycles. The second-order valence-electron chi connectivity index (χ2n) is 6.50. The first kappa shape index (κ1) is 19.4. The van der Waals surface area contributed by atoms with E-state index in [0.717, 1.165) is 5.56 Å². The van der Waals surface area contributed by atoms with Crippen molar-refractivity contribution in [1.82, 2.24) is 10.8 Å². The van der Waals surface area contributed by atoms with Crippen molar-refractivity contribution in [1.29, 1.82) is 0 Å². The van der Waals surface area contributed by atoms with Crippen LogP contribution in [0, 0.1) is 0 Å². The molecule has 0 aromatic heterocycles. The van der Waals surface area contributed by atoms with Crippen molar-refractivity contribution >= 4 is 11.8 Å². The number of carbonyl (C=O) groups excluding carboxylic acids is 2. The van der Waals surface area contributed by atoms with Gasteiger partial charge in [-0.15, -0.1) is 0 Å². The van der Waals surface area contributed by atoms with Gasteiger partial charge in [0.1, 0.15) is 18.4 Å². The lowest BCUT2D eigenvalue weighted by molar-refractivity contribution is -0.132. The molecule has 0 bridgehead atoms. The largest absolute Gasteiger partial charge is 0.489 e. The zero-order valence-electron chi connectivity index (χ0n) is 14.7. The lowest BCUT2D eigenvalue weighted by atomic mass is 9.95. The summed E-state index contributed by atoms with van der Waals surface area (Å²) in [6.07, 6.45) is 0. The minimum atomic E-state index is -1.09. The highest BCUT2D eigenvalue weighted by Gasteiger charge is 2.33. The van der Waals surface area contributed by atoms with Crippen LogP contribution in [0.2, 0.25) is 0 Å². The monoisotopic (exact) mass is 357 g/mol. The molecule has 7 nitrogen and oxygen atoms in total. The van der Waals surface area contributed by atoms with Crippen LogP contribution in [-0.4, -0.2) is 28.6 Å². The van der Waals surface area contributed by atoms with Gasteiger partial charge in [0, 0.05) is 11.1 Å². The van der Waals surface area contributed by atoms with E-state index in [1.807, 2.05) is 30.3 Å². The zero-order chi connectivity index (χ0) is 19.2. The second-order valence-corrected chi connectivity index (χ2v) is 6.50. The van der Waals surface area contributed by atoms with Crippen molar-refractivity contribution in [2.45, 2.75) is 32.0 Å². The van der Waals surface area contributed by atoms with Gasteiger partial charge in [0.05, 0.1) is 0 Å². The average Bonchev–Trinajstić information content (AvgIpc) is 2.64. The van der Waals surface area contributed by atoms with E-state index in [-0.39, 0.29) is 0 Å². The number of benzene rings is 2. The third-order valence-electron chi connectivity index (χ3n) is 3.76. The van der Waals surface area contributed by atoms with Crippen LogP contribution in [-0.2, 0) is 11.4 Å². The maximum atomic E-state index is 12.3. The zero-order valence-corrected chi connectivity index (χ0v) is 14.7. The third-order valence-corrected chi connectivity index (χ3v) is 3.76. The molecule has 2 rings (SSSR count). The Labute approximate surface area is 152 Å². The summed E-state index contributed by atoms with van der Waals surface area (Å²) in [5.74, 6) is -0.644. The molecule has 7 heteroatoms. The summed E-state index contributed by atoms with van der Waals surface area (Å²) >= 11 is 0. The van der Waals surface area contributed by atoms with Crippen LogP contribution in [0.1, 0.15) is 29.8 Å². The smallest absolute Gasteiger partial charge is 0.267 e. The SMILES string of the molecule is CC(C)(N)[C@H](NC(=O)c1ccc(OCc2ccccc2)cc1)C(=O)NO. The normalized spacial score (nSPS) is 12.2. The molecule has 0 unspecified atom stereocenters. The van der Waals surface area contributed by atoms with Gasteiger partial charge in [-0.2, -0.15) is 0 Å². The average molecular weight is 357 g/mol. The molecule has 0 saturated heterocycles. The van der Waals surface area contributed by atoms with Crippen molar-refractivity contribution in [2.75, 3.05) is 0 Å². The van der Waals surface area contributed by atoms with Crippen molar-refractivity contribution in [3.63, 3.8) is 0 Å². The number of hydrogen-bond acceptors (Lipinski definition) is 5. The molecule has 0 saturated carbocycles. The summed E-state index contributed by atoms with van der Waals surface area (Å²) < 4.78 is 5.67. The first-order valence-electron chi connectivity index (χ1n) is 8.11. The first-order valence-corrected chi connectivity index (χ1v) is 8.11. The Kier molecular flexibility index (Phi) is 6.32. The number of nitrogens with two attached hydrogens (primary N) is 1. The maximum absolute atomic E-state index is 12.3. The number of amides is 2. The number of hydroxylamine groups is 1. The van der Waals surface area contributed by atoms with Crippen LogP contribution >= 0.6 is 0 Å². The van der Waals surface area contributed by atoms with E-state index in [0.29, 0.717) is 17.9 Å². The number of hydrogen-bond donors (Lipinski definition) is 4. The fourth-order valence-electron chi connectivity index (χ4n) is 2.31. The predicted molar refractivity (Wildman–Crippen MR) is 96.7 cm³/mol. The number of nitrogens with one attached hydrogen (secondary N) is 2. The Morgan fingerprint density at radius 3 is 2.27 bits per heavy atom. The highest BCUT2D eigenvalue weighted by molar-refractivity contribution is 5.97. The molecule has 0 aliphatic carbocycles. The molecule has 138 valence electrons. The molecule has 2 aromatic rings. The molecule has 0 radical (unpaired) electrons. The molecule has 0 fully saturated rings. The van der Waals surface area contributed by atoms with E-state index in [9.17, 15) is 9.59 Å². The van der Waals surface area contributed by atoms with Gasteiger partial charge < -0.3 is 15.8 Å². The van der Waals surface area contributed by atoms with Crippen molar-refractivity contribution in [2.24, 2.45) is 5.73 Å². The minimum absolute atomic E-state index is 0.344. The van der Waals surface area contributed by atoms with E-state index >= 15 is 0 Å². The van der Waals surface area contributed by atoms with Gasteiger partial charge in [-0.05, 0) is 43.7 Å². The molecule has 2 amide bonds. The first-order chi connectivity index (χ1) is 12.3. The molecule has 0 aliphatic rings. The van der Waals surface area contributed by atoms with Crippen LogP contribution in [0.5, 0.6) is 5.75 Å². The van der Waals surface area contributed by atoms with Crippen LogP contribution in [0.3, 0.4) is 0 Å². The second kappa shape index (κ2) is 8.46. The van der Waals surface area contributed by atoms with E-state index in [2.05, 4.69) is 5.32 Å². The van der Waals surface area contributed by atoms with Crippen LogP contribution < -0.4 is 21.3 Å². The summed E-state index contributed by atoms with van der Waals surface area (Å²) in [4.78, 5) is 24.1.